The minimum absolute atomic E-state index is 0.536. The van der Waals surface area contributed by atoms with Crippen LogP contribution in [-0.2, 0) is 0 Å². The second-order valence-corrected chi connectivity index (χ2v) is 6.34. The predicted molar refractivity (Wildman–Crippen MR) is 84.2 cm³/mol. The van der Waals surface area contributed by atoms with E-state index in [0.717, 1.165) is 24.5 Å². The monoisotopic (exact) mass is 280 g/mol. The van der Waals surface area contributed by atoms with Crippen LogP contribution in [-0.4, -0.2) is 25.2 Å². The van der Waals surface area contributed by atoms with Crippen molar-refractivity contribution in [3.8, 4) is 0 Å². The van der Waals surface area contributed by atoms with Gasteiger partial charge in [0.1, 0.15) is 0 Å². The second-order valence-electron chi connectivity index (χ2n) is 5.93. The first-order valence-electron chi connectivity index (χ1n) is 7.29. The summed E-state index contributed by atoms with van der Waals surface area (Å²) in [6.45, 7) is 11.0. The van der Waals surface area contributed by atoms with E-state index in [1.165, 1.54) is 11.3 Å². The normalized spacial score (nSPS) is 24.0. The van der Waals surface area contributed by atoms with Gasteiger partial charge in [-0.15, -0.1) is 0 Å². The van der Waals surface area contributed by atoms with Crippen molar-refractivity contribution in [3.63, 3.8) is 0 Å². The Balaban J connectivity index is 2.29. The van der Waals surface area contributed by atoms with Gasteiger partial charge in [0.2, 0.25) is 0 Å². The molecule has 0 radical (unpaired) electrons. The molecule has 2 rings (SSSR count). The topological polar surface area (TPSA) is 15.3 Å². The van der Waals surface area contributed by atoms with Crippen molar-refractivity contribution >= 4 is 17.3 Å². The van der Waals surface area contributed by atoms with Crippen molar-refractivity contribution in [2.45, 2.75) is 46.2 Å². The van der Waals surface area contributed by atoms with Crippen LogP contribution >= 0.6 is 11.6 Å². The molecule has 1 saturated heterocycles. The Bertz CT molecular complexity index is 431. The molecule has 106 valence electrons. The first-order valence-corrected chi connectivity index (χ1v) is 7.67. The molecule has 2 nitrogen and oxygen atoms in total. The fourth-order valence-electron chi connectivity index (χ4n) is 2.77. The average molecular weight is 281 g/mol. The molecular formula is C16H25ClN2. The molecule has 1 aromatic rings. The summed E-state index contributed by atoms with van der Waals surface area (Å²) in [7, 11) is 0. The van der Waals surface area contributed by atoms with Gasteiger partial charge in [-0.1, -0.05) is 38.4 Å². The highest BCUT2D eigenvalue weighted by Gasteiger charge is 2.29. The SMILES string of the molecule is CCC1CNC(C(C)C)CN1c1cc(C)ccc1Cl. The maximum atomic E-state index is 6.42. The molecule has 2 unspecified atom stereocenters. The Kier molecular flexibility index (Phi) is 4.75. The molecule has 1 N–H and O–H groups in total. The first kappa shape index (κ1) is 14.7. The highest BCUT2D eigenvalue weighted by molar-refractivity contribution is 6.33. The lowest BCUT2D eigenvalue weighted by molar-refractivity contribution is 0.325. The summed E-state index contributed by atoms with van der Waals surface area (Å²) >= 11 is 6.42. The van der Waals surface area contributed by atoms with Gasteiger partial charge in [0.15, 0.2) is 0 Å². The van der Waals surface area contributed by atoms with E-state index >= 15 is 0 Å². The van der Waals surface area contributed by atoms with Crippen LogP contribution in [0.5, 0.6) is 0 Å². The fraction of sp³-hybridized carbons (Fsp3) is 0.625. The third-order valence-electron chi connectivity index (χ3n) is 4.14. The Morgan fingerprint density at radius 3 is 2.79 bits per heavy atom. The summed E-state index contributed by atoms with van der Waals surface area (Å²) in [6.07, 6.45) is 1.14. The number of benzene rings is 1. The minimum atomic E-state index is 0.536. The van der Waals surface area contributed by atoms with Gasteiger partial charge in [0, 0.05) is 25.2 Å². The van der Waals surface area contributed by atoms with Crippen LogP contribution in [0.15, 0.2) is 18.2 Å². The van der Waals surface area contributed by atoms with E-state index in [0.29, 0.717) is 18.0 Å². The van der Waals surface area contributed by atoms with Gasteiger partial charge in [-0.25, -0.2) is 0 Å². The maximum absolute atomic E-state index is 6.42. The van der Waals surface area contributed by atoms with E-state index in [1.807, 2.05) is 6.07 Å². The minimum Gasteiger partial charge on any atom is -0.364 e. The Morgan fingerprint density at radius 2 is 2.16 bits per heavy atom. The molecule has 1 aromatic carbocycles. The lowest BCUT2D eigenvalue weighted by Gasteiger charge is -2.43. The number of hydrogen-bond acceptors (Lipinski definition) is 2. The van der Waals surface area contributed by atoms with Crippen LogP contribution < -0.4 is 10.2 Å². The number of halogens is 1. The zero-order chi connectivity index (χ0) is 14.0. The standard InChI is InChI=1S/C16H25ClN2/c1-5-13-9-18-15(11(2)3)10-19(13)16-8-12(4)6-7-14(16)17/h6-8,11,13,15,18H,5,9-10H2,1-4H3. The van der Waals surface area contributed by atoms with Crippen molar-refractivity contribution in [2.24, 2.45) is 5.92 Å². The van der Waals surface area contributed by atoms with Gasteiger partial charge in [-0.2, -0.15) is 0 Å². The number of nitrogens with zero attached hydrogens (tertiary/aromatic N) is 1. The third kappa shape index (κ3) is 3.24. The van der Waals surface area contributed by atoms with Crippen molar-refractivity contribution in [3.05, 3.63) is 28.8 Å². The fourth-order valence-corrected chi connectivity index (χ4v) is 3.00. The molecule has 0 amide bonds. The summed E-state index contributed by atoms with van der Waals surface area (Å²) in [6, 6.07) is 7.39. The quantitative estimate of drug-likeness (QED) is 0.904. The zero-order valence-corrected chi connectivity index (χ0v) is 13.2. The molecule has 1 aliphatic rings. The third-order valence-corrected chi connectivity index (χ3v) is 4.46. The van der Waals surface area contributed by atoms with Gasteiger partial charge < -0.3 is 10.2 Å². The second kappa shape index (κ2) is 6.15. The van der Waals surface area contributed by atoms with Gasteiger partial charge in [0.05, 0.1) is 10.7 Å². The van der Waals surface area contributed by atoms with Crippen LogP contribution in [0.4, 0.5) is 5.69 Å². The van der Waals surface area contributed by atoms with Gasteiger partial charge in [-0.3, -0.25) is 0 Å². The molecule has 19 heavy (non-hydrogen) atoms. The molecule has 0 aromatic heterocycles. The molecule has 1 heterocycles. The van der Waals surface area contributed by atoms with Crippen molar-refractivity contribution in [1.29, 1.82) is 0 Å². The molecule has 1 fully saturated rings. The lowest BCUT2D eigenvalue weighted by Crippen LogP contribution is -2.58. The molecule has 2 atom stereocenters. The first-order chi connectivity index (χ1) is 9.02. The summed E-state index contributed by atoms with van der Waals surface area (Å²) in [5, 5.41) is 4.54. The number of hydrogen-bond donors (Lipinski definition) is 1. The lowest BCUT2D eigenvalue weighted by atomic mass is 9.97. The smallest absolute Gasteiger partial charge is 0.0639 e. The van der Waals surface area contributed by atoms with E-state index in [9.17, 15) is 0 Å². The largest absolute Gasteiger partial charge is 0.364 e. The van der Waals surface area contributed by atoms with Crippen molar-refractivity contribution in [1.82, 2.24) is 5.32 Å². The molecule has 1 aliphatic heterocycles. The van der Waals surface area contributed by atoms with Crippen molar-refractivity contribution in [2.75, 3.05) is 18.0 Å². The summed E-state index contributed by atoms with van der Waals surface area (Å²) in [4.78, 5) is 2.50. The Hall–Kier alpha value is -0.730. The van der Waals surface area contributed by atoms with Gasteiger partial charge in [0.25, 0.3) is 0 Å². The highest BCUT2D eigenvalue weighted by atomic mass is 35.5. The highest BCUT2D eigenvalue weighted by Crippen LogP contribution is 2.31. The molecular weight excluding hydrogens is 256 g/mol. The zero-order valence-electron chi connectivity index (χ0n) is 12.4. The van der Waals surface area contributed by atoms with E-state index in [4.69, 9.17) is 11.6 Å². The Labute approximate surface area is 122 Å². The number of aryl methyl sites for hydroxylation is 1. The van der Waals surface area contributed by atoms with E-state index < -0.39 is 0 Å². The number of piperazine rings is 1. The molecule has 0 saturated carbocycles. The van der Waals surface area contributed by atoms with E-state index in [1.54, 1.807) is 0 Å². The van der Waals surface area contributed by atoms with Crippen LogP contribution in [0.25, 0.3) is 0 Å². The van der Waals surface area contributed by atoms with Crippen LogP contribution in [0.1, 0.15) is 32.8 Å². The van der Waals surface area contributed by atoms with Crippen LogP contribution in [0, 0.1) is 12.8 Å². The number of anilines is 1. The number of rotatable bonds is 3. The summed E-state index contributed by atoms with van der Waals surface area (Å²) < 4.78 is 0. The molecule has 3 heteroatoms. The maximum Gasteiger partial charge on any atom is 0.0639 e. The molecule has 0 spiro atoms. The summed E-state index contributed by atoms with van der Waals surface area (Å²) in [5.41, 5.74) is 2.47. The van der Waals surface area contributed by atoms with E-state index in [2.05, 4.69) is 50.0 Å². The molecule has 0 bridgehead atoms. The van der Waals surface area contributed by atoms with Crippen molar-refractivity contribution < 1.29 is 0 Å². The van der Waals surface area contributed by atoms with Gasteiger partial charge >= 0.3 is 0 Å². The number of nitrogens with one attached hydrogen (secondary N) is 1. The molecule has 0 aliphatic carbocycles. The predicted octanol–water partition coefficient (Wildman–Crippen LogP) is 3.86. The van der Waals surface area contributed by atoms with Crippen LogP contribution in [0.3, 0.4) is 0 Å². The van der Waals surface area contributed by atoms with Gasteiger partial charge in [-0.05, 0) is 37.0 Å². The van der Waals surface area contributed by atoms with Crippen LogP contribution in [0.2, 0.25) is 5.02 Å². The summed E-state index contributed by atoms with van der Waals surface area (Å²) in [5.74, 6) is 0.642. The van der Waals surface area contributed by atoms with E-state index in [-0.39, 0.29) is 0 Å². The Morgan fingerprint density at radius 1 is 1.42 bits per heavy atom. The average Bonchev–Trinajstić information content (AvgIpc) is 2.40.